The van der Waals surface area contributed by atoms with Crippen molar-refractivity contribution in [2.45, 2.75) is 53.5 Å². The van der Waals surface area contributed by atoms with Crippen molar-refractivity contribution in [3.63, 3.8) is 0 Å². The van der Waals surface area contributed by atoms with Crippen LogP contribution < -0.4 is 14.4 Å². The number of aryl methyl sites for hydroxylation is 1. The van der Waals surface area contributed by atoms with E-state index in [2.05, 4.69) is 13.8 Å². The Hall–Kier alpha value is -4.06. The van der Waals surface area contributed by atoms with Crippen molar-refractivity contribution < 1.29 is 24.2 Å². The van der Waals surface area contributed by atoms with Gasteiger partial charge in [0.25, 0.3) is 11.7 Å². The van der Waals surface area contributed by atoms with Crippen molar-refractivity contribution in [1.29, 1.82) is 0 Å². The van der Waals surface area contributed by atoms with Gasteiger partial charge in [-0.2, -0.15) is 0 Å². The van der Waals surface area contributed by atoms with Gasteiger partial charge < -0.3 is 14.6 Å². The highest BCUT2D eigenvalue weighted by Gasteiger charge is 2.47. The zero-order valence-electron chi connectivity index (χ0n) is 23.5. The highest BCUT2D eigenvalue weighted by atomic mass is 16.5. The van der Waals surface area contributed by atoms with Gasteiger partial charge in [-0.15, -0.1) is 0 Å². The number of anilines is 1. The number of benzene rings is 3. The summed E-state index contributed by atoms with van der Waals surface area (Å²) in [6.45, 7) is 13.2. The molecule has 4 rings (SSSR count). The minimum Gasteiger partial charge on any atom is -0.507 e. The van der Waals surface area contributed by atoms with Crippen molar-refractivity contribution in [3.8, 4) is 11.5 Å². The number of carbonyl (C=O) groups is 2. The van der Waals surface area contributed by atoms with E-state index in [-0.39, 0.29) is 17.3 Å². The van der Waals surface area contributed by atoms with Crippen LogP contribution in [-0.2, 0) is 9.59 Å². The van der Waals surface area contributed by atoms with Gasteiger partial charge in [0, 0.05) is 11.3 Å². The van der Waals surface area contributed by atoms with Crippen LogP contribution in [0.25, 0.3) is 5.76 Å². The summed E-state index contributed by atoms with van der Waals surface area (Å²) in [4.78, 5) is 28.6. The van der Waals surface area contributed by atoms with Crippen molar-refractivity contribution in [1.82, 2.24) is 0 Å². The van der Waals surface area contributed by atoms with E-state index in [1.54, 1.807) is 12.1 Å². The molecule has 0 aliphatic carbocycles. The number of ether oxygens (including phenoxy) is 2. The molecule has 1 saturated heterocycles. The SMILES string of the molecule is CCOc1ccc(/C(O)=C2\C(=O)C(=O)N(c3ccc(C)cc3)C2c2cccc(OCC(C)C)c2)cc1C(C)C. The maximum absolute atomic E-state index is 13.6. The van der Waals surface area contributed by atoms with E-state index in [0.29, 0.717) is 41.7 Å². The number of aliphatic hydroxyl groups is 1. The summed E-state index contributed by atoms with van der Waals surface area (Å²) in [5, 5.41) is 11.6. The fraction of sp³-hybridized carbons (Fsp3) is 0.333. The van der Waals surface area contributed by atoms with Crippen molar-refractivity contribution in [2.24, 2.45) is 5.92 Å². The molecule has 1 heterocycles. The topological polar surface area (TPSA) is 76.1 Å². The monoisotopic (exact) mass is 527 g/mol. The third kappa shape index (κ3) is 5.85. The lowest BCUT2D eigenvalue weighted by atomic mass is 9.93. The highest BCUT2D eigenvalue weighted by molar-refractivity contribution is 6.51. The molecule has 0 spiro atoms. The van der Waals surface area contributed by atoms with E-state index in [1.807, 2.05) is 82.3 Å². The van der Waals surface area contributed by atoms with Gasteiger partial charge in [0.15, 0.2) is 0 Å². The molecule has 0 saturated carbocycles. The second-order valence-corrected chi connectivity index (χ2v) is 10.6. The number of nitrogens with zero attached hydrogens (tertiary/aromatic N) is 1. The van der Waals surface area contributed by atoms with Gasteiger partial charge in [0.2, 0.25) is 0 Å². The van der Waals surface area contributed by atoms with E-state index in [1.165, 1.54) is 4.90 Å². The lowest BCUT2D eigenvalue weighted by Crippen LogP contribution is -2.29. The zero-order chi connectivity index (χ0) is 28.3. The molecular weight excluding hydrogens is 490 g/mol. The first-order valence-corrected chi connectivity index (χ1v) is 13.5. The Balaban J connectivity index is 1.90. The standard InChI is InChI=1S/C33H37NO5/c1-7-38-28-16-13-24(18-27(28)21(4)5)31(35)29-30(23-9-8-10-26(17-23)39-19-20(2)3)34(33(37)32(29)36)25-14-11-22(6)12-15-25/h8-18,20-21,30,35H,7,19H2,1-6H3/b31-29+. The number of aliphatic hydroxyl groups excluding tert-OH is 1. The van der Waals surface area contributed by atoms with E-state index in [0.717, 1.165) is 16.9 Å². The fourth-order valence-corrected chi connectivity index (χ4v) is 4.75. The average Bonchev–Trinajstić information content (AvgIpc) is 3.18. The molecule has 1 N–H and O–H groups in total. The maximum atomic E-state index is 13.6. The number of hydrogen-bond donors (Lipinski definition) is 1. The summed E-state index contributed by atoms with van der Waals surface area (Å²) in [7, 11) is 0. The van der Waals surface area contributed by atoms with Crippen molar-refractivity contribution in [2.75, 3.05) is 18.1 Å². The zero-order valence-corrected chi connectivity index (χ0v) is 23.5. The lowest BCUT2D eigenvalue weighted by Gasteiger charge is -2.26. The molecule has 0 bridgehead atoms. The fourth-order valence-electron chi connectivity index (χ4n) is 4.75. The third-order valence-corrected chi connectivity index (χ3v) is 6.72. The normalized spacial score (nSPS) is 16.8. The van der Waals surface area contributed by atoms with Crippen LogP contribution in [-0.4, -0.2) is 30.0 Å². The second-order valence-electron chi connectivity index (χ2n) is 10.6. The predicted octanol–water partition coefficient (Wildman–Crippen LogP) is 7.18. The summed E-state index contributed by atoms with van der Waals surface area (Å²) in [5.74, 6) is 0.197. The minimum atomic E-state index is -0.829. The Kier molecular flexibility index (Phi) is 8.44. The van der Waals surface area contributed by atoms with Gasteiger partial charge in [0.1, 0.15) is 17.3 Å². The number of hydrogen-bond acceptors (Lipinski definition) is 5. The molecule has 1 amide bonds. The first-order valence-electron chi connectivity index (χ1n) is 13.5. The molecule has 3 aromatic carbocycles. The quantitative estimate of drug-likeness (QED) is 0.181. The van der Waals surface area contributed by atoms with Crippen LogP contribution in [0.2, 0.25) is 0 Å². The molecule has 1 unspecified atom stereocenters. The first-order chi connectivity index (χ1) is 18.6. The highest BCUT2D eigenvalue weighted by Crippen LogP contribution is 2.43. The van der Waals surface area contributed by atoms with E-state index >= 15 is 0 Å². The van der Waals surface area contributed by atoms with E-state index in [9.17, 15) is 14.7 Å². The number of Topliss-reactive ketones (excluding diaryl/α,β-unsaturated/α-hetero) is 1. The van der Waals surface area contributed by atoms with E-state index < -0.39 is 17.7 Å². The van der Waals surface area contributed by atoms with Gasteiger partial charge in [-0.05, 0) is 79.3 Å². The molecule has 204 valence electrons. The van der Waals surface area contributed by atoms with Crippen LogP contribution in [0.5, 0.6) is 11.5 Å². The number of rotatable bonds is 9. The smallest absolute Gasteiger partial charge is 0.300 e. The molecule has 3 aromatic rings. The van der Waals surface area contributed by atoms with E-state index in [4.69, 9.17) is 9.47 Å². The molecule has 1 aliphatic rings. The van der Waals surface area contributed by atoms with Crippen LogP contribution in [0, 0.1) is 12.8 Å². The molecule has 0 radical (unpaired) electrons. The Morgan fingerprint density at radius 1 is 0.949 bits per heavy atom. The van der Waals surface area contributed by atoms with Crippen LogP contribution in [0.3, 0.4) is 0 Å². The molecule has 6 heteroatoms. The first kappa shape index (κ1) is 28.0. The Labute approximate surface area is 230 Å². The maximum Gasteiger partial charge on any atom is 0.300 e. The van der Waals surface area contributed by atoms with Gasteiger partial charge in [-0.3, -0.25) is 14.5 Å². The summed E-state index contributed by atoms with van der Waals surface area (Å²) in [6, 6.07) is 19.4. The van der Waals surface area contributed by atoms with Crippen LogP contribution >= 0.6 is 0 Å². The Morgan fingerprint density at radius 2 is 1.67 bits per heavy atom. The van der Waals surface area contributed by atoms with Crippen LogP contribution in [0.15, 0.2) is 72.3 Å². The molecule has 1 fully saturated rings. The number of carbonyl (C=O) groups excluding carboxylic acids is 2. The summed E-state index contributed by atoms with van der Waals surface area (Å²) in [5.41, 5.74) is 3.70. The summed E-state index contributed by atoms with van der Waals surface area (Å²) < 4.78 is 11.7. The Bertz CT molecular complexity index is 1390. The van der Waals surface area contributed by atoms with Crippen molar-refractivity contribution >= 4 is 23.1 Å². The lowest BCUT2D eigenvalue weighted by molar-refractivity contribution is -0.132. The molecule has 1 aliphatic heterocycles. The van der Waals surface area contributed by atoms with Gasteiger partial charge in [-0.25, -0.2) is 0 Å². The number of amides is 1. The average molecular weight is 528 g/mol. The molecule has 0 aromatic heterocycles. The molecule has 39 heavy (non-hydrogen) atoms. The van der Waals surface area contributed by atoms with Crippen LogP contribution in [0.1, 0.15) is 68.8 Å². The third-order valence-electron chi connectivity index (χ3n) is 6.72. The number of ketones is 1. The molecule has 6 nitrogen and oxygen atoms in total. The minimum absolute atomic E-state index is 0.0421. The molecule has 1 atom stereocenters. The van der Waals surface area contributed by atoms with Crippen molar-refractivity contribution in [3.05, 3.63) is 94.6 Å². The summed E-state index contributed by atoms with van der Waals surface area (Å²) >= 11 is 0. The Morgan fingerprint density at radius 3 is 2.31 bits per heavy atom. The largest absolute Gasteiger partial charge is 0.507 e. The van der Waals surface area contributed by atoms with Gasteiger partial charge in [0.05, 0.1) is 24.8 Å². The molecular formula is C33H37NO5. The second kappa shape index (κ2) is 11.8. The van der Waals surface area contributed by atoms with Crippen LogP contribution in [0.4, 0.5) is 5.69 Å². The summed E-state index contributed by atoms with van der Waals surface area (Å²) in [6.07, 6.45) is 0. The van der Waals surface area contributed by atoms with Gasteiger partial charge >= 0.3 is 0 Å². The van der Waals surface area contributed by atoms with Gasteiger partial charge in [-0.1, -0.05) is 57.5 Å². The predicted molar refractivity (Wildman–Crippen MR) is 154 cm³/mol.